The summed E-state index contributed by atoms with van der Waals surface area (Å²) < 4.78 is 5.28. The van der Waals surface area contributed by atoms with E-state index in [1.165, 1.54) is 0 Å². The van der Waals surface area contributed by atoms with Gasteiger partial charge in [0.05, 0.1) is 6.42 Å². The van der Waals surface area contributed by atoms with Crippen LogP contribution in [0.15, 0.2) is 28.8 Å². The maximum Gasteiger partial charge on any atom is 0.319 e. The van der Waals surface area contributed by atoms with E-state index in [1.807, 2.05) is 38.2 Å². The third-order valence-corrected chi connectivity index (χ3v) is 3.59. The second-order valence-electron chi connectivity index (χ2n) is 5.75. The summed E-state index contributed by atoms with van der Waals surface area (Å²) >= 11 is 0. The van der Waals surface area contributed by atoms with Gasteiger partial charge in [0.2, 0.25) is 5.89 Å². The van der Waals surface area contributed by atoms with Gasteiger partial charge < -0.3 is 20.5 Å². The highest BCUT2D eigenvalue weighted by molar-refractivity contribution is 5.89. The van der Waals surface area contributed by atoms with Gasteiger partial charge in [0, 0.05) is 24.7 Å². The number of benzene rings is 1. The molecular formula is C17H25N5O2. The molecule has 0 aliphatic heterocycles. The van der Waals surface area contributed by atoms with Gasteiger partial charge in [-0.25, -0.2) is 4.79 Å². The smallest absolute Gasteiger partial charge is 0.319 e. The molecule has 2 amide bonds. The molecule has 2 aromatic rings. The van der Waals surface area contributed by atoms with Crippen LogP contribution in [0, 0.1) is 0 Å². The summed E-state index contributed by atoms with van der Waals surface area (Å²) in [5.74, 6) is 1.30. The van der Waals surface area contributed by atoms with E-state index < -0.39 is 0 Å². The Morgan fingerprint density at radius 3 is 2.71 bits per heavy atom. The Bertz CT molecular complexity index is 639. The number of hydrogen-bond acceptors (Lipinski definition) is 5. The molecule has 2 rings (SSSR count). The Labute approximate surface area is 142 Å². The zero-order valence-corrected chi connectivity index (χ0v) is 14.4. The number of nitrogens with one attached hydrogen (secondary N) is 3. The predicted molar refractivity (Wildman–Crippen MR) is 93.1 cm³/mol. The highest BCUT2D eigenvalue weighted by atomic mass is 16.5. The van der Waals surface area contributed by atoms with Crippen LogP contribution in [0.1, 0.15) is 37.5 Å². The van der Waals surface area contributed by atoms with Gasteiger partial charge in [0.15, 0.2) is 5.82 Å². The minimum absolute atomic E-state index is 0.190. The number of amides is 2. The van der Waals surface area contributed by atoms with Crippen LogP contribution in [0.4, 0.5) is 10.5 Å². The lowest BCUT2D eigenvalue weighted by Gasteiger charge is -2.07. The van der Waals surface area contributed by atoms with Gasteiger partial charge in [-0.05, 0) is 38.1 Å². The molecule has 0 saturated carbocycles. The third kappa shape index (κ3) is 5.66. The number of urea groups is 1. The van der Waals surface area contributed by atoms with Crippen molar-refractivity contribution in [2.24, 2.45) is 0 Å². The lowest BCUT2D eigenvalue weighted by Crippen LogP contribution is -2.29. The summed E-state index contributed by atoms with van der Waals surface area (Å²) in [6.07, 6.45) is 2.21. The first-order valence-electron chi connectivity index (χ1n) is 8.23. The molecule has 7 heteroatoms. The number of rotatable bonds is 8. The molecular weight excluding hydrogens is 306 g/mol. The van der Waals surface area contributed by atoms with E-state index in [-0.39, 0.29) is 6.03 Å². The summed E-state index contributed by atoms with van der Waals surface area (Å²) in [6.45, 7) is 4.74. The summed E-state index contributed by atoms with van der Waals surface area (Å²) in [7, 11) is 1.91. The molecule has 0 bridgehead atoms. The van der Waals surface area contributed by atoms with Crippen molar-refractivity contribution in [1.29, 1.82) is 0 Å². The van der Waals surface area contributed by atoms with E-state index in [9.17, 15) is 4.79 Å². The Balaban J connectivity index is 1.88. The molecule has 0 spiro atoms. The number of nitrogens with zero attached hydrogens (tertiary/aromatic N) is 2. The fourth-order valence-electron chi connectivity index (χ4n) is 2.12. The van der Waals surface area contributed by atoms with E-state index in [1.54, 1.807) is 0 Å². The number of likely N-dealkylation sites (N-methyl/N-ethyl adjacent to an activating group) is 1. The quantitative estimate of drug-likeness (QED) is 0.690. The molecule has 130 valence electrons. The van der Waals surface area contributed by atoms with Crippen molar-refractivity contribution in [2.45, 2.75) is 39.2 Å². The van der Waals surface area contributed by atoms with Crippen molar-refractivity contribution in [3.05, 3.63) is 41.5 Å². The second-order valence-corrected chi connectivity index (χ2v) is 5.75. The molecule has 1 unspecified atom stereocenters. The average molecular weight is 331 g/mol. The van der Waals surface area contributed by atoms with Crippen molar-refractivity contribution in [3.8, 4) is 0 Å². The highest BCUT2D eigenvalue weighted by Gasteiger charge is 2.10. The fraction of sp³-hybridized carbons (Fsp3) is 0.471. The second kappa shape index (κ2) is 9.02. The van der Waals surface area contributed by atoms with Crippen LogP contribution in [-0.4, -0.2) is 35.8 Å². The van der Waals surface area contributed by atoms with Crippen LogP contribution < -0.4 is 16.0 Å². The zero-order chi connectivity index (χ0) is 17.4. The molecule has 24 heavy (non-hydrogen) atoms. The first-order valence-corrected chi connectivity index (χ1v) is 8.23. The minimum atomic E-state index is -0.190. The predicted octanol–water partition coefficient (Wildman–Crippen LogP) is 2.34. The van der Waals surface area contributed by atoms with Crippen LogP contribution in [0.3, 0.4) is 0 Å². The zero-order valence-electron chi connectivity index (χ0n) is 14.4. The lowest BCUT2D eigenvalue weighted by atomic mass is 10.1. The van der Waals surface area contributed by atoms with Gasteiger partial charge in [-0.3, -0.25) is 0 Å². The summed E-state index contributed by atoms with van der Waals surface area (Å²) in [5.41, 5.74) is 1.80. The van der Waals surface area contributed by atoms with E-state index in [0.29, 0.717) is 30.7 Å². The summed E-state index contributed by atoms with van der Waals surface area (Å²) in [4.78, 5) is 16.0. The van der Waals surface area contributed by atoms with E-state index in [2.05, 4.69) is 33.0 Å². The van der Waals surface area contributed by atoms with Gasteiger partial charge in [0.25, 0.3) is 0 Å². The molecule has 1 atom stereocenters. The topological polar surface area (TPSA) is 92.1 Å². The standard InChI is InChI=1S/C17H25N5O2/c1-4-9-19-17(23)20-14-7-5-13(6-8-14)11-16-21-15(22-24-16)10-12(2)18-3/h5-8,12,18H,4,9-11H2,1-3H3,(H2,19,20,23). The molecule has 0 aliphatic carbocycles. The van der Waals surface area contributed by atoms with Crippen molar-refractivity contribution in [3.63, 3.8) is 0 Å². The largest absolute Gasteiger partial charge is 0.339 e. The number of carbonyl (C=O) groups excluding carboxylic acids is 1. The van der Waals surface area contributed by atoms with E-state index in [4.69, 9.17) is 4.52 Å². The van der Waals surface area contributed by atoms with Crippen LogP contribution in [-0.2, 0) is 12.8 Å². The molecule has 1 heterocycles. The van der Waals surface area contributed by atoms with E-state index in [0.717, 1.165) is 24.1 Å². The molecule has 3 N–H and O–H groups in total. The molecule has 0 radical (unpaired) electrons. The van der Waals surface area contributed by atoms with Gasteiger partial charge in [-0.15, -0.1) is 0 Å². The van der Waals surface area contributed by atoms with E-state index >= 15 is 0 Å². The lowest BCUT2D eigenvalue weighted by molar-refractivity contribution is 0.252. The van der Waals surface area contributed by atoms with Gasteiger partial charge >= 0.3 is 6.03 Å². The monoisotopic (exact) mass is 331 g/mol. The Kier molecular flexibility index (Phi) is 6.74. The average Bonchev–Trinajstić information content (AvgIpc) is 3.01. The first-order chi connectivity index (χ1) is 11.6. The molecule has 1 aromatic heterocycles. The first kappa shape index (κ1) is 17.9. The van der Waals surface area contributed by atoms with Crippen LogP contribution in [0.5, 0.6) is 0 Å². The molecule has 0 saturated heterocycles. The van der Waals surface area contributed by atoms with Crippen molar-refractivity contribution in [1.82, 2.24) is 20.8 Å². The molecule has 0 aliphatic rings. The Morgan fingerprint density at radius 1 is 1.29 bits per heavy atom. The number of aromatic nitrogens is 2. The van der Waals surface area contributed by atoms with Crippen LogP contribution >= 0.6 is 0 Å². The Hall–Kier alpha value is -2.41. The SMILES string of the molecule is CCCNC(=O)Nc1ccc(Cc2nc(CC(C)NC)no2)cc1. The van der Waals surface area contributed by atoms with Gasteiger partial charge in [0.1, 0.15) is 0 Å². The highest BCUT2D eigenvalue weighted by Crippen LogP contribution is 2.13. The maximum absolute atomic E-state index is 11.6. The van der Waals surface area contributed by atoms with Crippen LogP contribution in [0.2, 0.25) is 0 Å². The maximum atomic E-state index is 11.6. The summed E-state index contributed by atoms with van der Waals surface area (Å²) in [5, 5.41) is 12.7. The number of carbonyl (C=O) groups is 1. The van der Waals surface area contributed by atoms with Gasteiger partial charge in [-0.2, -0.15) is 4.98 Å². The molecule has 0 fully saturated rings. The van der Waals surface area contributed by atoms with Crippen LogP contribution in [0.25, 0.3) is 0 Å². The number of hydrogen-bond donors (Lipinski definition) is 3. The fourth-order valence-corrected chi connectivity index (χ4v) is 2.12. The summed E-state index contributed by atoms with van der Waals surface area (Å²) in [6, 6.07) is 7.72. The Morgan fingerprint density at radius 2 is 2.04 bits per heavy atom. The molecule has 7 nitrogen and oxygen atoms in total. The normalized spacial score (nSPS) is 12.0. The number of anilines is 1. The minimum Gasteiger partial charge on any atom is -0.339 e. The van der Waals surface area contributed by atoms with Gasteiger partial charge in [-0.1, -0.05) is 24.2 Å². The van der Waals surface area contributed by atoms with Crippen molar-refractivity contribution in [2.75, 3.05) is 18.9 Å². The van der Waals surface area contributed by atoms with Crippen molar-refractivity contribution < 1.29 is 9.32 Å². The molecule has 1 aromatic carbocycles. The third-order valence-electron chi connectivity index (χ3n) is 3.59. The van der Waals surface area contributed by atoms with Crippen molar-refractivity contribution >= 4 is 11.7 Å².